The summed E-state index contributed by atoms with van der Waals surface area (Å²) < 4.78 is 45.1. The summed E-state index contributed by atoms with van der Waals surface area (Å²) in [6.45, 7) is 10.9. The highest BCUT2D eigenvalue weighted by Gasteiger charge is 2.32. The molecule has 0 aliphatic carbocycles. The molecule has 14 aromatic carbocycles. The lowest BCUT2D eigenvalue weighted by Crippen LogP contribution is -2.30. The number of furan rings is 5. The SMILES string of the molecule is Cc1c(-c2cccc[n+]2C)c2oc3ccccc3c2c2ccccc12.Cc1c(-c2cccc[n+]2C)c2oc3ccccc3c2c2ccccc12.Cc1c(-c2cccc[n+]2C)c2oc3ccccc3c2c2cnccc12.Cc1c(-c2cccc[n+]2C)c2oc3ccccc3c2c2ncccc12.Cc1c(-c2n(C)c3ccccc3[n+]2C)c2oc3ccccc3c2c2ccccc12. The van der Waals surface area contributed by atoms with E-state index in [9.17, 15) is 0 Å². The van der Waals surface area contributed by atoms with Crippen LogP contribution in [0.5, 0.6) is 0 Å². The van der Waals surface area contributed by atoms with E-state index in [2.05, 4.69) is 370 Å². The smallest absolute Gasteiger partial charge is 0.293 e. The molecule has 0 aliphatic heterocycles. The molecule has 26 rings (SSSR count). The largest absolute Gasteiger partial charge is 0.455 e. The van der Waals surface area contributed by atoms with Crippen LogP contribution >= 0.6 is 0 Å². The van der Waals surface area contributed by atoms with Gasteiger partial charge in [-0.25, -0.2) is 27.4 Å². The number of pyridine rings is 6. The van der Waals surface area contributed by atoms with Crippen molar-refractivity contribution in [3.63, 3.8) is 0 Å². The number of aryl methyl sites for hydroxylation is 11. The maximum Gasteiger partial charge on any atom is 0.293 e. The first-order valence-corrected chi connectivity index (χ1v) is 43.8. The van der Waals surface area contributed by atoms with Crippen LogP contribution in [0.4, 0.5) is 0 Å². The lowest BCUT2D eigenvalue weighted by atomic mass is 9.93. The number of para-hydroxylation sites is 7. The zero-order valence-corrected chi connectivity index (χ0v) is 73.6. The van der Waals surface area contributed by atoms with Crippen LogP contribution in [0.15, 0.2) is 375 Å². The maximum atomic E-state index is 6.51. The molecular formula is C116H91N8O5+5. The first-order valence-electron chi connectivity index (χ1n) is 43.8. The van der Waals surface area contributed by atoms with Gasteiger partial charge >= 0.3 is 0 Å². The van der Waals surface area contributed by atoms with E-state index in [4.69, 9.17) is 22.1 Å². The fraction of sp³-hybridized carbons (Fsp3) is 0.0948. The van der Waals surface area contributed by atoms with Crippen LogP contribution in [0.25, 0.3) is 231 Å². The van der Waals surface area contributed by atoms with Gasteiger partial charge in [0.05, 0.1) is 47.3 Å². The molecule has 13 nitrogen and oxygen atoms in total. The van der Waals surface area contributed by atoms with E-state index in [1.165, 1.54) is 125 Å². The number of fused-ring (bicyclic) bond motifs is 26. The summed E-state index contributed by atoms with van der Waals surface area (Å²) in [4.78, 5) is 9.05. The number of hydrogen-bond acceptors (Lipinski definition) is 7. The number of hydrogen-bond donors (Lipinski definition) is 0. The van der Waals surface area contributed by atoms with E-state index in [1.807, 2.05) is 97.5 Å². The van der Waals surface area contributed by atoms with Gasteiger partial charge in [-0.2, -0.15) is 0 Å². The van der Waals surface area contributed by atoms with Gasteiger partial charge in [-0.05, 0) is 179 Å². The predicted octanol–water partition coefficient (Wildman–Crippen LogP) is 27.0. The number of rotatable bonds is 5. The second-order valence-electron chi connectivity index (χ2n) is 33.7. The van der Waals surface area contributed by atoms with Gasteiger partial charge in [0.25, 0.3) is 5.82 Å². The van der Waals surface area contributed by atoms with Crippen molar-refractivity contribution in [3.8, 4) is 56.4 Å². The summed E-state index contributed by atoms with van der Waals surface area (Å²) in [5.41, 5.74) is 29.3. The molecule has 0 spiro atoms. The van der Waals surface area contributed by atoms with E-state index >= 15 is 0 Å². The summed E-state index contributed by atoms with van der Waals surface area (Å²) in [5.74, 6) is 1.15. The molecule has 13 heteroatoms. The maximum absolute atomic E-state index is 6.51. The van der Waals surface area contributed by atoms with Crippen molar-refractivity contribution in [2.75, 3.05) is 0 Å². The van der Waals surface area contributed by atoms with Gasteiger partial charge in [0, 0.05) is 126 Å². The Labute approximate surface area is 743 Å². The second-order valence-corrected chi connectivity index (χ2v) is 33.7. The Hall–Kier alpha value is -16.3. The highest BCUT2D eigenvalue weighted by Crippen LogP contribution is 2.49. The number of aromatic nitrogens is 8. The molecule has 620 valence electrons. The van der Waals surface area contributed by atoms with Crippen LogP contribution in [-0.2, 0) is 42.3 Å². The van der Waals surface area contributed by atoms with Gasteiger partial charge in [0.1, 0.15) is 78.4 Å². The van der Waals surface area contributed by atoms with E-state index in [1.54, 1.807) is 0 Å². The fourth-order valence-corrected chi connectivity index (χ4v) is 20.3. The van der Waals surface area contributed by atoms with E-state index in [-0.39, 0.29) is 0 Å². The van der Waals surface area contributed by atoms with Crippen molar-refractivity contribution in [2.24, 2.45) is 42.3 Å². The monoisotopic (exact) mass is 1680 g/mol. The zero-order valence-electron chi connectivity index (χ0n) is 73.6. The van der Waals surface area contributed by atoms with Gasteiger partial charge in [0.2, 0.25) is 22.8 Å². The Balaban J connectivity index is 0.0000000949. The topological polar surface area (TPSA) is 116 Å². The first kappa shape index (κ1) is 78.7. The molecule has 26 aromatic rings. The lowest BCUT2D eigenvalue weighted by molar-refractivity contribution is -0.660. The van der Waals surface area contributed by atoms with Crippen LogP contribution in [0.3, 0.4) is 0 Å². The molecule has 0 radical (unpaired) electrons. The molecule has 0 amide bonds. The summed E-state index contributed by atoms with van der Waals surface area (Å²) in [7, 11) is 12.6. The van der Waals surface area contributed by atoms with Crippen LogP contribution in [0.1, 0.15) is 27.8 Å². The number of benzene rings is 14. The predicted molar refractivity (Wildman–Crippen MR) is 525 cm³/mol. The van der Waals surface area contributed by atoms with Crippen LogP contribution < -0.4 is 22.8 Å². The van der Waals surface area contributed by atoms with Crippen molar-refractivity contribution >= 4 is 175 Å². The number of nitrogens with zero attached hydrogens (tertiary/aromatic N) is 8. The fourth-order valence-electron chi connectivity index (χ4n) is 20.3. The molecular weight excluding hydrogens is 1590 g/mol. The second kappa shape index (κ2) is 31.8. The van der Waals surface area contributed by atoms with Gasteiger partial charge < -0.3 is 22.1 Å². The van der Waals surface area contributed by atoms with Crippen molar-refractivity contribution in [2.45, 2.75) is 34.6 Å². The van der Waals surface area contributed by atoms with E-state index < -0.39 is 0 Å². The highest BCUT2D eigenvalue weighted by atomic mass is 16.3. The molecule has 12 aromatic heterocycles. The minimum absolute atomic E-state index is 0.898. The van der Waals surface area contributed by atoms with Gasteiger partial charge in [-0.1, -0.05) is 182 Å². The van der Waals surface area contributed by atoms with Gasteiger partial charge in [-0.3, -0.25) is 9.97 Å². The molecule has 12 heterocycles. The molecule has 0 fully saturated rings. The zero-order chi connectivity index (χ0) is 87.6. The normalized spacial score (nSPS) is 11.7. The summed E-state index contributed by atoms with van der Waals surface area (Å²) >= 11 is 0. The minimum atomic E-state index is 0.898. The quantitative estimate of drug-likeness (QED) is 0.158. The van der Waals surface area contributed by atoms with Crippen molar-refractivity contribution < 1.29 is 44.9 Å². The molecule has 129 heavy (non-hydrogen) atoms. The minimum Gasteiger partial charge on any atom is -0.455 e. The summed E-state index contributed by atoms with van der Waals surface area (Å²) in [5, 5.41) is 22.7. The standard InChI is InChI=1S/C26H21N2O.2C23H18NO.2C22H17N2O/c1-16-17-10-4-5-11-18(17)24-19-12-6-9-15-22(19)29-25(24)23(16)26-27(2)20-13-7-8-14-21(20)28(26)3;2*1-15-16-9-3-4-10-17(16)22-18-11-5-6-13-20(18)25-23(22)21(15)19-12-7-8-14-24(19)2;1-14-15-9-7-12-23-21(15)20-16-8-3-4-11-18(16)25-22(20)19(14)17-10-5-6-13-24(17)2;1-14-15-10-11-23-13-17(15)21-16-7-3-4-9-19(16)25-22(21)20(14)18-8-5-6-12-24(18)2/h4-15H,1-3H3;2*3-14H,1-2H3;2*3-13H,1-2H3/q5*+1. The molecule has 0 aliphatic rings. The molecule has 0 unspecified atom stereocenters. The summed E-state index contributed by atoms with van der Waals surface area (Å²) in [6, 6.07) is 107. The van der Waals surface area contributed by atoms with E-state index in [0.29, 0.717) is 0 Å². The van der Waals surface area contributed by atoms with Gasteiger partial charge in [-0.15, -0.1) is 0 Å². The van der Waals surface area contributed by atoms with Gasteiger partial charge in [0.15, 0.2) is 47.0 Å². The molecule has 0 N–H and O–H groups in total. The Morgan fingerprint density at radius 2 is 0.527 bits per heavy atom. The average Bonchev–Trinajstić information content (AvgIpc) is 1.65. The highest BCUT2D eigenvalue weighted by molar-refractivity contribution is 6.28. The van der Waals surface area contributed by atoms with Crippen LogP contribution in [0.2, 0.25) is 0 Å². The average molecular weight is 1680 g/mol. The lowest BCUT2D eigenvalue weighted by Gasteiger charge is -2.10. The third kappa shape index (κ3) is 12.8. The Morgan fingerprint density at radius 1 is 0.248 bits per heavy atom. The third-order valence-corrected chi connectivity index (χ3v) is 26.4. The molecule has 0 saturated heterocycles. The van der Waals surface area contributed by atoms with Crippen molar-refractivity contribution in [1.29, 1.82) is 0 Å². The third-order valence-electron chi connectivity index (χ3n) is 26.4. The Morgan fingerprint density at radius 3 is 0.899 bits per heavy atom. The first-order chi connectivity index (χ1) is 63.2. The van der Waals surface area contributed by atoms with E-state index in [0.717, 1.165) is 134 Å². The number of imidazole rings is 1. The Bertz CT molecular complexity index is 8230. The van der Waals surface area contributed by atoms with Crippen molar-refractivity contribution in [3.05, 3.63) is 381 Å². The molecule has 0 saturated carbocycles. The molecule has 0 bridgehead atoms. The van der Waals surface area contributed by atoms with Crippen molar-refractivity contribution in [1.82, 2.24) is 14.5 Å². The summed E-state index contributed by atoms with van der Waals surface area (Å²) in [6.07, 6.45) is 14.0. The van der Waals surface area contributed by atoms with Crippen LogP contribution in [-0.4, -0.2) is 14.5 Å². The molecule has 0 atom stereocenters. The van der Waals surface area contributed by atoms with Crippen LogP contribution in [0, 0.1) is 34.6 Å². The Kier molecular flexibility index (Phi) is 19.4.